The van der Waals surface area contributed by atoms with E-state index in [1.165, 1.54) is 0 Å². The minimum atomic E-state index is -2.60. The standard InChI is InChI=1S/C12H11Cl2F2NO4/c13-7-3-6(12(19)20)4-8(14)11(7)17-10(18)1-2-21-5-9(15)16/h3-4,9H,1-2,5H2,(H,17,18)(H,19,20). The lowest BCUT2D eigenvalue weighted by atomic mass is 10.2. The lowest BCUT2D eigenvalue weighted by molar-refractivity contribution is -0.117. The predicted molar refractivity (Wildman–Crippen MR) is 73.5 cm³/mol. The van der Waals surface area contributed by atoms with Crippen LogP contribution in [-0.4, -0.2) is 36.6 Å². The Balaban J connectivity index is 2.62. The molecule has 0 unspecified atom stereocenters. The summed E-state index contributed by atoms with van der Waals surface area (Å²) in [4.78, 5) is 22.4. The monoisotopic (exact) mass is 341 g/mol. The number of ether oxygens (including phenoxy) is 1. The first-order valence-corrected chi connectivity index (χ1v) is 6.45. The van der Waals surface area contributed by atoms with Gasteiger partial charge in [-0.1, -0.05) is 23.2 Å². The second kappa shape index (κ2) is 8.11. The number of benzene rings is 1. The maximum atomic E-state index is 11.8. The maximum Gasteiger partial charge on any atom is 0.335 e. The van der Waals surface area contributed by atoms with Gasteiger partial charge in [-0.25, -0.2) is 13.6 Å². The Morgan fingerprint density at radius 2 is 1.86 bits per heavy atom. The molecule has 0 aliphatic carbocycles. The first-order chi connectivity index (χ1) is 9.81. The molecule has 0 bridgehead atoms. The Hall–Kier alpha value is -1.44. The molecule has 1 amide bonds. The summed E-state index contributed by atoms with van der Waals surface area (Å²) < 4.78 is 28.2. The van der Waals surface area contributed by atoms with E-state index in [1.807, 2.05) is 0 Å². The number of alkyl halides is 2. The number of carbonyl (C=O) groups excluding carboxylic acids is 1. The number of halogens is 4. The van der Waals surface area contributed by atoms with Gasteiger partial charge >= 0.3 is 5.97 Å². The normalized spacial score (nSPS) is 10.7. The van der Waals surface area contributed by atoms with Crippen LogP contribution in [0.4, 0.5) is 14.5 Å². The topological polar surface area (TPSA) is 75.6 Å². The second-order valence-corrected chi connectivity index (χ2v) is 4.70. The van der Waals surface area contributed by atoms with Crippen molar-refractivity contribution in [2.75, 3.05) is 18.5 Å². The zero-order valence-corrected chi connectivity index (χ0v) is 12.0. The van der Waals surface area contributed by atoms with E-state index < -0.39 is 24.9 Å². The molecule has 0 fully saturated rings. The molecule has 0 radical (unpaired) electrons. The summed E-state index contributed by atoms with van der Waals surface area (Å²) >= 11 is 11.7. The van der Waals surface area contributed by atoms with Crippen LogP contribution in [-0.2, 0) is 9.53 Å². The highest BCUT2D eigenvalue weighted by atomic mass is 35.5. The molecule has 0 spiro atoms. The quantitative estimate of drug-likeness (QED) is 0.746. The van der Waals surface area contributed by atoms with E-state index in [2.05, 4.69) is 10.1 Å². The number of nitrogens with one attached hydrogen (secondary N) is 1. The summed E-state index contributed by atoms with van der Waals surface area (Å²) in [6.45, 7) is -0.930. The molecule has 21 heavy (non-hydrogen) atoms. The Morgan fingerprint density at radius 1 is 1.29 bits per heavy atom. The highest BCUT2D eigenvalue weighted by Gasteiger charge is 2.14. The summed E-state index contributed by atoms with van der Waals surface area (Å²) in [6, 6.07) is 2.28. The number of carboxylic acids is 1. The molecule has 0 saturated carbocycles. The van der Waals surface area contributed by atoms with Crippen molar-refractivity contribution in [3.05, 3.63) is 27.7 Å². The van der Waals surface area contributed by atoms with Gasteiger partial charge in [0.05, 0.1) is 34.3 Å². The van der Waals surface area contributed by atoms with Crippen molar-refractivity contribution in [2.24, 2.45) is 0 Å². The van der Waals surface area contributed by atoms with Gasteiger partial charge in [0.15, 0.2) is 0 Å². The summed E-state index contributed by atoms with van der Waals surface area (Å²) in [6.07, 6.45) is -2.76. The van der Waals surface area contributed by atoms with Crippen LogP contribution in [0, 0.1) is 0 Å². The third-order valence-corrected chi connectivity index (χ3v) is 2.87. The second-order valence-electron chi connectivity index (χ2n) is 3.88. The molecule has 0 aromatic heterocycles. The molecule has 5 nitrogen and oxygen atoms in total. The molecule has 1 rings (SSSR count). The molecule has 0 heterocycles. The minimum Gasteiger partial charge on any atom is -0.478 e. The molecular formula is C12H11Cl2F2NO4. The molecule has 1 aromatic carbocycles. The molecule has 2 N–H and O–H groups in total. The predicted octanol–water partition coefficient (Wildman–Crippen LogP) is 3.30. The van der Waals surface area contributed by atoms with Crippen LogP contribution in [0.15, 0.2) is 12.1 Å². The number of anilines is 1. The summed E-state index contributed by atoms with van der Waals surface area (Å²) in [5.74, 6) is -1.76. The molecule has 0 saturated heterocycles. The number of aromatic carboxylic acids is 1. The van der Waals surface area contributed by atoms with Gasteiger partial charge in [0.1, 0.15) is 6.61 Å². The van der Waals surface area contributed by atoms with Gasteiger partial charge in [-0.2, -0.15) is 0 Å². The van der Waals surface area contributed by atoms with Gasteiger partial charge in [0.2, 0.25) is 5.91 Å². The first-order valence-electron chi connectivity index (χ1n) is 5.69. The molecule has 9 heteroatoms. The number of rotatable bonds is 7. The van der Waals surface area contributed by atoms with Crippen molar-refractivity contribution in [3.8, 4) is 0 Å². The Bertz CT molecular complexity index is 517. The molecule has 0 aliphatic heterocycles. The Kier molecular flexibility index (Phi) is 6.80. The van der Waals surface area contributed by atoms with Crippen LogP contribution in [0.5, 0.6) is 0 Å². The molecule has 1 aromatic rings. The van der Waals surface area contributed by atoms with Gasteiger partial charge in [-0.3, -0.25) is 4.79 Å². The van der Waals surface area contributed by atoms with Crippen LogP contribution >= 0.6 is 23.2 Å². The minimum absolute atomic E-state index is 0.0400. The fourth-order valence-corrected chi connectivity index (χ4v) is 1.94. The number of carbonyl (C=O) groups is 2. The smallest absolute Gasteiger partial charge is 0.335 e. The van der Waals surface area contributed by atoms with Gasteiger partial charge in [0, 0.05) is 0 Å². The van der Waals surface area contributed by atoms with Crippen LogP contribution in [0.3, 0.4) is 0 Å². The zero-order valence-electron chi connectivity index (χ0n) is 10.5. The average molecular weight is 342 g/mol. The van der Waals surface area contributed by atoms with E-state index >= 15 is 0 Å². The number of amides is 1. The SMILES string of the molecule is O=C(CCOCC(F)F)Nc1c(Cl)cc(C(=O)O)cc1Cl. The van der Waals surface area contributed by atoms with E-state index in [-0.39, 0.29) is 34.3 Å². The van der Waals surface area contributed by atoms with Crippen molar-refractivity contribution in [2.45, 2.75) is 12.8 Å². The Morgan fingerprint density at radius 3 is 2.33 bits per heavy atom. The average Bonchev–Trinajstić information content (AvgIpc) is 2.38. The highest BCUT2D eigenvalue weighted by molar-refractivity contribution is 6.40. The molecule has 116 valence electrons. The molecule has 0 aliphatic rings. The largest absolute Gasteiger partial charge is 0.478 e. The van der Waals surface area contributed by atoms with Gasteiger partial charge in [-0.15, -0.1) is 0 Å². The van der Waals surface area contributed by atoms with Crippen LogP contribution in [0.1, 0.15) is 16.8 Å². The van der Waals surface area contributed by atoms with Crippen LogP contribution in [0.25, 0.3) is 0 Å². The fraction of sp³-hybridized carbons (Fsp3) is 0.333. The van der Waals surface area contributed by atoms with Crippen molar-refractivity contribution in [1.29, 1.82) is 0 Å². The fourth-order valence-electron chi connectivity index (χ4n) is 1.36. The molecule has 0 atom stereocenters. The maximum absolute atomic E-state index is 11.8. The van der Waals surface area contributed by atoms with E-state index in [4.69, 9.17) is 28.3 Å². The van der Waals surface area contributed by atoms with Gasteiger partial charge < -0.3 is 15.2 Å². The summed E-state index contributed by atoms with van der Waals surface area (Å²) in [5, 5.41) is 11.1. The van der Waals surface area contributed by atoms with E-state index in [9.17, 15) is 18.4 Å². The number of hydrogen-bond donors (Lipinski definition) is 2. The number of hydrogen-bond acceptors (Lipinski definition) is 3. The van der Waals surface area contributed by atoms with Gasteiger partial charge in [-0.05, 0) is 12.1 Å². The molecular weight excluding hydrogens is 331 g/mol. The van der Waals surface area contributed by atoms with Crippen LogP contribution < -0.4 is 5.32 Å². The lowest BCUT2D eigenvalue weighted by Gasteiger charge is -2.10. The summed E-state index contributed by atoms with van der Waals surface area (Å²) in [7, 11) is 0. The van der Waals surface area contributed by atoms with Gasteiger partial charge in [0.25, 0.3) is 6.43 Å². The zero-order chi connectivity index (χ0) is 16.0. The third kappa shape index (κ3) is 5.82. The highest BCUT2D eigenvalue weighted by Crippen LogP contribution is 2.32. The van der Waals surface area contributed by atoms with Crippen LogP contribution in [0.2, 0.25) is 10.0 Å². The van der Waals surface area contributed by atoms with E-state index in [0.717, 1.165) is 12.1 Å². The third-order valence-electron chi connectivity index (χ3n) is 2.27. The van der Waals surface area contributed by atoms with Crippen molar-refractivity contribution in [3.63, 3.8) is 0 Å². The van der Waals surface area contributed by atoms with Crippen molar-refractivity contribution in [1.82, 2.24) is 0 Å². The first kappa shape index (κ1) is 17.6. The number of carboxylic acid groups (broad SMARTS) is 1. The van der Waals surface area contributed by atoms with E-state index in [1.54, 1.807) is 0 Å². The van der Waals surface area contributed by atoms with Crippen molar-refractivity contribution >= 4 is 40.8 Å². The van der Waals surface area contributed by atoms with Crippen molar-refractivity contribution < 1.29 is 28.2 Å². The van der Waals surface area contributed by atoms with E-state index in [0.29, 0.717) is 0 Å². The summed E-state index contributed by atoms with van der Waals surface area (Å²) in [5.41, 5.74) is -0.0644. The lowest BCUT2D eigenvalue weighted by Crippen LogP contribution is -2.16. The Labute approximate surface area is 128 Å².